The summed E-state index contributed by atoms with van der Waals surface area (Å²) in [5.41, 5.74) is 5.81. The number of pyridine rings is 1. The number of nitrogens with zero attached hydrogens (tertiary/aromatic N) is 2. The third-order valence-corrected chi connectivity index (χ3v) is 10.1. The molecule has 2 saturated heterocycles. The maximum absolute atomic E-state index is 12.7. The van der Waals surface area contributed by atoms with Crippen molar-refractivity contribution in [3.05, 3.63) is 71.5 Å². The Balaban J connectivity index is 1.19. The zero-order chi connectivity index (χ0) is 25.9. The Morgan fingerprint density at radius 3 is 2.58 bits per heavy atom. The van der Waals surface area contributed by atoms with Gasteiger partial charge in [-0.25, -0.2) is 0 Å². The highest BCUT2D eigenvalue weighted by atomic mass is 32.2. The van der Waals surface area contributed by atoms with E-state index in [2.05, 4.69) is 70.7 Å². The van der Waals surface area contributed by atoms with Crippen molar-refractivity contribution in [3.63, 3.8) is 0 Å². The summed E-state index contributed by atoms with van der Waals surface area (Å²) in [4.78, 5) is 12.0. The molecule has 3 aromatic rings. The number of aromatic amines is 1. The van der Waals surface area contributed by atoms with Gasteiger partial charge >= 0.3 is 0 Å². The van der Waals surface area contributed by atoms with Crippen molar-refractivity contribution < 1.29 is 8.95 Å². The number of rotatable bonds is 9. The van der Waals surface area contributed by atoms with E-state index in [9.17, 15) is 4.21 Å². The minimum atomic E-state index is -0.862. The average Bonchev–Trinajstić information content (AvgIpc) is 3.69. The molecule has 1 aromatic carbocycles. The summed E-state index contributed by atoms with van der Waals surface area (Å²) in [5, 5.41) is 3.88. The summed E-state index contributed by atoms with van der Waals surface area (Å²) in [6.45, 7) is 8.12. The van der Waals surface area contributed by atoms with Gasteiger partial charge in [-0.05, 0) is 86.4 Å². The largest absolute Gasteiger partial charge is 0.381 e. The van der Waals surface area contributed by atoms with Gasteiger partial charge in [0.25, 0.3) is 0 Å². The molecule has 6 nitrogen and oxygen atoms in total. The average molecular weight is 533 g/mol. The van der Waals surface area contributed by atoms with Gasteiger partial charge in [0.1, 0.15) is 0 Å². The quantitative estimate of drug-likeness (QED) is 0.402. The monoisotopic (exact) mass is 532 g/mol. The summed E-state index contributed by atoms with van der Waals surface area (Å²) >= 11 is 0. The van der Waals surface area contributed by atoms with Gasteiger partial charge in [-0.3, -0.25) is 14.1 Å². The molecular weight excluding hydrogens is 492 g/mol. The molecule has 38 heavy (non-hydrogen) atoms. The molecule has 0 bridgehead atoms. The summed E-state index contributed by atoms with van der Waals surface area (Å²) < 4.78 is 18.3. The van der Waals surface area contributed by atoms with Crippen LogP contribution in [0, 0.1) is 5.92 Å². The van der Waals surface area contributed by atoms with E-state index in [1.807, 2.05) is 6.20 Å². The predicted molar refractivity (Wildman–Crippen MR) is 153 cm³/mol. The smallest absolute Gasteiger partial charge is 0.0864 e. The minimum absolute atomic E-state index is 0.268. The lowest BCUT2D eigenvalue weighted by Crippen LogP contribution is -2.48. The van der Waals surface area contributed by atoms with E-state index in [1.165, 1.54) is 16.8 Å². The number of hydrogen-bond acceptors (Lipinski definition) is 5. The first kappa shape index (κ1) is 25.9. The summed E-state index contributed by atoms with van der Waals surface area (Å²) in [6, 6.07) is 17.9. The van der Waals surface area contributed by atoms with Gasteiger partial charge in [-0.15, -0.1) is 0 Å². The standard InChI is InChI=1S/C31H40N4O2S/c1-22-20-35(15-14-32-22)21-24-2-9-30(33-19-24)31-11-10-29(34-31)28(18-23-12-16-37-17-13-23)25-3-5-26(6-4-25)38(36)27-7-8-27/h2-6,9-11,19,22-23,27-28,32,34H,7-8,12-18,20-21H2,1H3/t22-,28?,38?/m0/s1. The molecule has 6 rings (SSSR count). The van der Waals surface area contributed by atoms with Crippen molar-refractivity contribution in [2.45, 2.75) is 67.7 Å². The van der Waals surface area contributed by atoms with Crippen LogP contribution in [0.2, 0.25) is 0 Å². The molecule has 1 saturated carbocycles. The molecule has 2 N–H and O–H groups in total. The Labute approximate surface area is 229 Å². The second-order valence-electron chi connectivity index (χ2n) is 11.4. The topological polar surface area (TPSA) is 70.2 Å². The van der Waals surface area contributed by atoms with Crippen LogP contribution in [-0.4, -0.2) is 63.2 Å². The molecule has 4 heterocycles. The van der Waals surface area contributed by atoms with Crippen LogP contribution < -0.4 is 5.32 Å². The van der Waals surface area contributed by atoms with Crippen LogP contribution in [0.25, 0.3) is 11.4 Å². The van der Waals surface area contributed by atoms with Gasteiger partial charge in [-0.2, -0.15) is 0 Å². The normalized spacial score (nSPS) is 22.8. The van der Waals surface area contributed by atoms with E-state index in [4.69, 9.17) is 9.72 Å². The lowest BCUT2D eigenvalue weighted by molar-refractivity contribution is 0.0626. The number of ether oxygens (including phenoxy) is 1. The first-order valence-corrected chi connectivity index (χ1v) is 15.5. The lowest BCUT2D eigenvalue weighted by Gasteiger charge is -2.31. The third-order valence-electron chi connectivity index (χ3n) is 8.30. The molecule has 3 atom stereocenters. The van der Waals surface area contributed by atoms with E-state index >= 15 is 0 Å². The van der Waals surface area contributed by atoms with E-state index in [0.29, 0.717) is 17.2 Å². The fraction of sp³-hybridized carbons (Fsp3) is 0.516. The Morgan fingerprint density at radius 2 is 1.87 bits per heavy atom. The van der Waals surface area contributed by atoms with Crippen LogP contribution in [0.5, 0.6) is 0 Å². The molecule has 0 amide bonds. The first-order chi connectivity index (χ1) is 18.6. The molecule has 0 spiro atoms. The molecule has 202 valence electrons. The highest BCUT2D eigenvalue weighted by molar-refractivity contribution is 7.86. The van der Waals surface area contributed by atoms with E-state index in [1.54, 1.807) is 0 Å². The molecule has 3 aliphatic rings. The summed E-state index contributed by atoms with van der Waals surface area (Å²) in [7, 11) is -0.862. The number of hydrogen-bond donors (Lipinski definition) is 2. The molecule has 2 aromatic heterocycles. The van der Waals surface area contributed by atoms with Gasteiger partial charge in [0, 0.05) is 73.4 Å². The fourth-order valence-electron chi connectivity index (χ4n) is 5.92. The van der Waals surface area contributed by atoms with E-state index < -0.39 is 10.8 Å². The van der Waals surface area contributed by atoms with Crippen molar-refractivity contribution in [3.8, 4) is 11.4 Å². The van der Waals surface area contributed by atoms with Crippen LogP contribution in [0.4, 0.5) is 0 Å². The van der Waals surface area contributed by atoms with Crippen molar-refractivity contribution in [1.82, 2.24) is 20.2 Å². The van der Waals surface area contributed by atoms with Crippen molar-refractivity contribution in [1.29, 1.82) is 0 Å². The van der Waals surface area contributed by atoms with Gasteiger partial charge in [0.2, 0.25) is 0 Å². The summed E-state index contributed by atoms with van der Waals surface area (Å²) in [5.74, 6) is 0.912. The van der Waals surface area contributed by atoms with Gasteiger partial charge < -0.3 is 15.0 Å². The van der Waals surface area contributed by atoms with Crippen LogP contribution in [0.1, 0.15) is 61.8 Å². The maximum Gasteiger partial charge on any atom is 0.0864 e. The number of nitrogens with one attached hydrogen (secondary N) is 2. The molecule has 2 aliphatic heterocycles. The highest BCUT2D eigenvalue weighted by Crippen LogP contribution is 2.36. The van der Waals surface area contributed by atoms with Gasteiger partial charge in [0.05, 0.1) is 22.2 Å². The van der Waals surface area contributed by atoms with Gasteiger partial charge in [0.15, 0.2) is 0 Å². The Bertz CT molecular complexity index is 1220. The molecular formula is C31H40N4O2S. The number of piperazine rings is 1. The minimum Gasteiger partial charge on any atom is -0.381 e. The van der Waals surface area contributed by atoms with Crippen molar-refractivity contribution in [2.24, 2.45) is 5.92 Å². The number of benzene rings is 1. The molecule has 3 fully saturated rings. The van der Waals surface area contributed by atoms with Crippen LogP contribution in [0.15, 0.2) is 59.6 Å². The second kappa shape index (κ2) is 11.8. The van der Waals surface area contributed by atoms with Crippen LogP contribution >= 0.6 is 0 Å². The zero-order valence-corrected chi connectivity index (χ0v) is 23.2. The number of aromatic nitrogens is 2. The molecule has 0 radical (unpaired) electrons. The predicted octanol–water partition coefficient (Wildman–Crippen LogP) is 5.09. The Hall–Kier alpha value is -2.32. The van der Waals surface area contributed by atoms with E-state index in [-0.39, 0.29) is 5.92 Å². The number of H-pyrrole nitrogens is 1. The SMILES string of the molecule is C[C@H]1CN(Cc2ccc(-c3ccc(C(CC4CCOCC4)c4ccc(S(=O)C5CC5)cc4)[nH]3)nc2)CCN1. The maximum atomic E-state index is 12.7. The lowest BCUT2D eigenvalue weighted by atomic mass is 9.83. The first-order valence-electron chi connectivity index (χ1n) is 14.3. The van der Waals surface area contributed by atoms with Crippen LogP contribution in [-0.2, 0) is 22.1 Å². The van der Waals surface area contributed by atoms with Gasteiger partial charge in [-0.1, -0.05) is 18.2 Å². The Morgan fingerprint density at radius 1 is 1.05 bits per heavy atom. The highest BCUT2D eigenvalue weighted by Gasteiger charge is 2.30. The zero-order valence-electron chi connectivity index (χ0n) is 22.4. The molecule has 7 heteroatoms. The molecule has 2 unspecified atom stereocenters. The fourth-order valence-corrected chi connectivity index (χ4v) is 7.28. The van der Waals surface area contributed by atoms with Crippen molar-refractivity contribution >= 4 is 10.8 Å². The Kier molecular flexibility index (Phi) is 8.07. The van der Waals surface area contributed by atoms with Crippen LogP contribution in [0.3, 0.4) is 0 Å². The van der Waals surface area contributed by atoms with E-state index in [0.717, 1.165) is 87.8 Å². The second-order valence-corrected chi connectivity index (χ2v) is 13.1. The third kappa shape index (κ3) is 6.28. The summed E-state index contributed by atoms with van der Waals surface area (Å²) in [6.07, 6.45) is 7.53. The molecule has 1 aliphatic carbocycles. The van der Waals surface area contributed by atoms with Crippen molar-refractivity contribution in [2.75, 3.05) is 32.8 Å².